The third-order valence-electron chi connectivity index (χ3n) is 2.52. The lowest BCUT2D eigenvalue weighted by Crippen LogP contribution is -2.33. The summed E-state index contributed by atoms with van der Waals surface area (Å²) in [5.41, 5.74) is 6.69. The van der Waals surface area contributed by atoms with Crippen molar-refractivity contribution in [2.75, 3.05) is 11.9 Å². The summed E-state index contributed by atoms with van der Waals surface area (Å²) >= 11 is 0. The molecule has 0 spiro atoms. The summed E-state index contributed by atoms with van der Waals surface area (Å²) in [6.45, 7) is 2.07. The van der Waals surface area contributed by atoms with Crippen LogP contribution in [-0.2, 0) is 4.79 Å². The number of anilines is 1. The molecule has 0 aromatic carbocycles. The molecule has 1 heterocycles. The van der Waals surface area contributed by atoms with Gasteiger partial charge in [-0.3, -0.25) is 9.78 Å². The van der Waals surface area contributed by atoms with E-state index in [1.807, 2.05) is 12.1 Å². The highest BCUT2D eigenvalue weighted by Gasteiger charge is 2.14. The smallest absolute Gasteiger partial charge is 0.228 e. The lowest BCUT2D eigenvalue weighted by molar-refractivity contribution is -0.118. The Labute approximate surface area is 96.5 Å². The molecule has 4 nitrogen and oxygen atoms in total. The quantitative estimate of drug-likeness (QED) is 0.821. The third-order valence-corrected chi connectivity index (χ3v) is 2.52. The minimum absolute atomic E-state index is 0.0400. The Hall–Kier alpha value is -1.42. The van der Waals surface area contributed by atoms with E-state index in [1.54, 1.807) is 24.3 Å². The van der Waals surface area contributed by atoms with Crippen molar-refractivity contribution < 1.29 is 4.79 Å². The van der Waals surface area contributed by atoms with Crippen molar-refractivity contribution >= 4 is 11.6 Å². The van der Waals surface area contributed by atoms with E-state index >= 15 is 0 Å². The topological polar surface area (TPSA) is 59.2 Å². The largest absolute Gasteiger partial charge is 0.327 e. The third kappa shape index (κ3) is 3.62. The van der Waals surface area contributed by atoms with Crippen molar-refractivity contribution in [2.24, 2.45) is 5.73 Å². The van der Waals surface area contributed by atoms with E-state index in [9.17, 15) is 4.79 Å². The molecule has 0 aliphatic heterocycles. The Balaban J connectivity index is 2.55. The molecule has 4 heteroatoms. The first-order valence-corrected chi connectivity index (χ1v) is 5.57. The van der Waals surface area contributed by atoms with Gasteiger partial charge in [0.1, 0.15) is 0 Å². The summed E-state index contributed by atoms with van der Waals surface area (Å²) in [4.78, 5) is 17.4. The highest BCUT2D eigenvalue weighted by Crippen LogP contribution is 2.12. The SMILES string of the molecule is CCCC(N)CC(=O)N(C)c1ccncc1. The molecule has 1 aromatic heterocycles. The van der Waals surface area contributed by atoms with Crippen LogP contribution in [0.4, 0.5) is 5.69 Å². The van der Waals surface area contributed by atoms with Gasteiger partial charge in [-0.1, -0.05) is 13.3 Å². The fraction of sp³-hybridized carbons (Fsp3) is 0.500. The molecule has 1 aromatic rings. The van der Waals surface area contributed by atoms with Gasteiger partial charge in [0, 0.05) is 37.6 Å². The second-order valence-corrected chi connectivity index (χ2v) is 3.91. The number of hydrogen-bond donors (Lipinski definition) is 1. The summed E-state index contributed by atoms with van der Waals surface area (Å²) in [6.07, 6.45) is 5.63. The van der Waals surface area contributed by atoms with Crippen LogP contribution < -0.4 is 10.6 Å². The average Bonchev–Trinajstić information content (AvgIpc) is 2.29. The van der Waals surface area contributed by atoms with Crippen LogP contribution >= 0.6 is 0 Å². The Morgan fingerprint density at radius 2 is 2.12 bits per heavy atom. The van der Waals surface area contributed by atoms with Gasteiger partial charge < -0.3 is 10.6 Å². The van der Waals surface area contributed by atoms with Crippen LogP contribution in [0.2, 0.25) is 0 Å². The highest BCUT2D eigenvalue weighted by molar-refractivity contribution is 5.92. The van der Waals surface area contributed by atoms with Crippen molar-refractivity contribution in [1.82, 2.24) is 4.98 Å². The molecule has 0 saturated carbocycles. The van der Waals surface area contributed by atoms with Crippen LogP contribution in [0.3, 0.4) is 0 Å². The zero-order valence-corrected chi connectivity index (χ0v) is 9.89. The molecule has 2 N–H and O–H groups in total. The fourth-order valence-corrected chi connectivity index (χ4v) is 1.55. The lowest BCUT2D eigenvalue weighted by atomic mass is 10.1. The number of carbonyl (C=O) groups is 1. The van der Waals surface area contributed by atoms with Crippen molar-refractivity contribution in [3.63, 3.8) is 0 Å². The van der Waals surface area contributed by atoms with E-state index in [0.29, 0.717) is 6.42 Å². The number of nitrogens with zero attached hydrogens (tertiary/aromatic N) is 2. The van der Waals surface area contributed by atoms with Crippen molar-refractivity contribution in [2.45, 2.75) is 32.2 Å². The molecular weight excluding hydrogens is 202 g/mol. The van der Waals surface area contributed by atoms with Crippen LogP contribution in [0.1, 0.15) is 26.2 Å². The molecule has 16 heavy (non-hydrogen) atoms. The Kier molecular flexibility index (Phi) is 4.92. The van der Waals surface area contributed by atoms with Gasteiger partial charge in [-0.05, 0) is 18.6 Å². The van der Waals surface area contributed by atoms with Crippen molar-refractivity contribution in [3.8, 4) is 0 Å². The van der Waals surface area contributed by atoms with Crippen LogP contribution in [0.15, 0.2) is 24.5 Å². The molecule has 0 fully saturated rings. The first-order valence-electron chi connectivity index (χ1n) is 5.57. The van der Waals surface area contributed by atoms with Gasteiger partial charge in [0.15, 0.2) is 0 Å². The van der Waals surface area contributed by atoms with E-state index in [-0.39, 0.29) is 11.9 Å². The van der Waals surface area contributed by atoms with Gasteiger partial charge >= 0.3 is 0 Å². The Morgan fingerprint density at radius 1 is 1.50 bits per heavy atom. The van der Waals surface area contributed by atoms with Gasteiger partial charge in [0.05, 0.1) is 0 Å². The minimum atomic E-state index is -0.0400. The van der Waals surface area contributed by atoms with Crippen LogP contribution in [0.25, 0.3) is 0 Å². The number of nitrogens with two attached hydrogens (primary N) is 1. The number of rotatable bonds is 5. The molecule has 0 radical (unpaired) electrons. The minimum Gasteiger partial charge on any atom is -0.327 e. The summed E-state index contributed by atoms with van der Waals surface area (Å²) in [6, 6.07) is 3.58. The normalized spacial score (nSPS) is 12.2. The van der Waals surface area contributed by atoms with E-state index in [4.69, 9.17) is 5.73 Å². The summed E-state index contributed by atoms with van der Waals surface area (Å²) in [5.74, 6) is 0.0483. The maximum atomic E-state index is 11.9. The average molecular weight is 221 g/mol. The standard InChI is InChI=1S/C12H19N3O/c1-3-4-10(13)9-12(16)15(2)11-5-7-14-8-6-11/h5-8,10H,3-4,9,13H2,1-2H3. The summed E-state index contributed by atoms with van der Waals surface area (Å²) in [5, 5.41) is 0. The highest BCUT2D eigenvalue weighted by atomic mass is 16.2. The first-order chi connectivity index (χ1) is 7.65. The number of hydrogen-bond acceptors (Lipinski definition) is 3. The molecule has 0 saturated heterocycles. The predicted octanol–water partition coefficient (Wildman–Crippen LogP) is 1.56. The predicted molar refractivity (Wildman–Crippen MR) is 65.1 cm³/mol. The molecule has 0 aliphatic carbocycles. The zero-order chi connectivity index (χ0) is 12.0. The van der Waals surface area contributed by atoms with Gasteiger partial charge in [0.2, 0.25) is 5.91 Å². The second-order valence-electron chi connectivity index (χ2n) is 3.91. The van der Waals surface area contributed by atoms with Gasteiger partial charge in [-0.15, -0.1) is 0 Å². The van der Waals surface area contributed by atoms with Crippen LogP contribution in [-0.4, -0.2) is 24.0 Å². The van der Waals surface area contributed by atoms with E-state index in [2.05, 4.69) is 11.9 Å². The molecule has 0 aliphatic rings. The molecule has 88 valence electrons. The van der Waals surface area contributed by atoms with Crippen LogP contribution in [0.5, 0.6) is 0 Å². The van der Waals surface area contributed by atoms with Crippen molar-refractivity contribution in [3.05, 3.63) is 24.5 Å². The number of amides is 1. The monoisotopic (exact) mass is 221 g/mol. The van der Waals surface area contributed by atoms with Gasteiger partial charge in [-0.25, -0.2) is 0 Å². The van der Waals surface area contributed by atoms with Crippen molar-refractivity contribution in [1.29, 1.82) is 0 Å². The summed E-state index contributed by atoms with van der Waals surface area (Å²) in [7, 11) is 1.76. The molecule has 1 amide bonds. The second kappa shape index (κ2) is 6.23. The van der Waals surface area contributed by atoms with Crippen LogP contribution in [0, 0.1) is 0 Å². The van der Waals surface area contributed by atoms with Gasteiger partial charge in [-0.2, -0.15) is 0 Å². The molecule has 0 bridgehead atoms. The Bertz CT molecular complexity index is 326. The Morgan fingerprint density at radius 3 is 2.69 bits per heavy atom. The summed E-state index contributed by atoms with van der Waals surface area (Å²) < 4.78 is 0. The van der Waals surface area contributed by atoms with E-state index in [1.165, 1.54) is 0 Å². The number of carbonyl (C=O) groups excluding carboxylic acids is 1. The molecule has 1 atom stereocenters. The molecular formula is C12H19N3O. The van der Waals surface area contributed by atoms with E-state index in [0.717, 1.165) is 18.5 Å². The maximum Gasteiger partial charge on any atom is 0.228 e. The number of pyridine rings is 1. The maximum absolute atomic E-state index is 11.9. The molecule has 1 rings (SSSR count). The number of aromatic nitrogens is 1. The first kappa shape index (κ1) is 12.6. The fourth-order valence-electron chi connectivity index (χ4n) is 1.55. The van der Waals surface area contributed by atoms with Gasteiger partial charge in [0.25, 0.3) is 0 Å². The lowest BCUT2D eigenvalue weighted by Gasteiger charge is -2.19. The zero-order valence-electron chi connectivity index (χ0n) is 9.89. The van der Waals surface area contributed by atoms with E-state index < -0.39 is 0 Å². The molecule has 1 unspecified atom stereocenters.